The molecule has 4 rings (SSSR count). The fourth-order valence-corrected chi connectivity index (χ4v) is 4.18. The molecule has 1 N–H and O–H groups in total. The van der Waals surface area contributed by atoms with Crippen LogP contribution in [0.4, 0.5) is 0 Å². The summed E-state index contributed by atoms with van der Waals surface area (Å²) < 4.78 is 5.83. The van der Waals surface area contributed by atoms with E-state index in [2.05, 4.69) is 34.5 Å². The minimum atomic E-state index is -0.306. The van der Waals surface area contributed by atoms with Gasteiger partial charge in [0.1, 0.15) is 6.10 Å². The quantitative estimate of drug-likeness (QED) is 0.906. The average molecular weight is 329 g/mol. The maximum atomic E-state index is 12.9. The molecule has 130 valence electrons. The number of nitrogens with one attached hydrogen (secondary N) is 1. The van der Waals surface area contributed by atoms with Crippen LogP contribution in [0.1, 0.15) is 24.8 Å². The van der Waals surface area contributed by atoms with Gasteiger partial charge in [-0.15, -0.1) is 0 Å². The molecule has 1 aromatic carbocycles. The van der Waals surface area contributed by atoms with Gasteiger partial charge in [-0.05, 0) is 24.8 Å². The van der Waals surface area contributed by atoms with Crippen molar-refractivity contribution in [3.8, 4) is 0 Å². The summed E-state index contributed by atoms with van der Waals surface area (Å²) in [7, 11) is 0. The Kier molecular flexibility index (Phi) is 4.83. The Hall–Kier alpha value is -1.43. The monoisotopic (exact) mass is 329 g/mol. The minimum absolute atomic E-state index is 0.183. The van der Waals surface area contributed by atoms with Crippen molar-refractivity contribution in [2.24, 2.45) is 0 Å². The molecule has 3 aliphatic heterocycles. The van der Waals surface area contributed by atoms with Gasteiger partial charge in [0.05, 0.1) is 6.61 Å². The van der Waals surface area contributed by atoms with Gasteiger partial charge in [-0.3, -0.25) is 9.69 Å². The molecule has 24 heavy (non-hydrogen) atoms. The predicted octanol–water partition coefficient (Wildman–Crippen LogP) is 1.24. The van der Waals surface area contributed by atoms with E-state index in [4.69, 9.17) is 4.74 Å². The summed E-state index contributed by atoms with van der Waals surface area (Å²) >= 11 is 0. The van der Waals surface area contributed by atoms with Crippen LogP contribution in [0.15, 0.2) is 30.3 Å². The number of likely N-dealkylation sites (tertiary alicyclic amines) is 1. The molecule has 0 saturated carbocycles. The summed E-state index contributed by atoms with van der Waals surface area (Å²) in [5.74, 6) is 0.183. The molecule has 0 spiro atoms. The highest BCUT2D eigenvalue weighted by Gasteiger charge is 2.35. The van der Waals surface area contributed by atoms with Gasteiger partial charge in [-0.2, -0.15) is 0 Å². The molecule has 5 heteroatoms. The number of hydrogen-bond donors (Lipinski definition) is 1. The largest absolute Gasteiger partial charge is 0.366 e. The first kappa shape index (κ1) is 16.1. The third-order valence-electron chi connectivity index (χ3n) is 5.51. The zero-order valence-electron chi connectivity index (χ0n) is 14.2. The molecule has 3 heterocycles. The van der Waals surface area contributed by atoms with Gasteiger partial charge in [0, 0.05) is 44.8 Å². The van der Waals surface area contributed by atoms with Crippen molar-refractivity contribution in [1.29, 1.82) is 0 Å². The molecular formula is C19H27N3O2. The normalized spacial score (nSPS) is 31.0. The van der Waals surface area contributed by atoms with E-state index in [0.717, 1.165) is 32.6 Å². The van der Waals surface area contributed by atoms with Gasteiger partial charge >= 0.3 is 0 Å². The molecular weight excluding hydrogens is 302 g/mol. The molecule has 0 aliphatic carbocycles. The maximum Gasteiger partial charge on any atom is 0.253 e. The lowest BCUT2D eigenvalue weighted by atomic mass is 10.1. The summed E-state index contributed by atoms with van der Waals surface area (Å²) in [5.41, 5.74) is 1.29. The first-order valence-electron chi connectivity index (χ1n) is 9.20. The van der Waals surface area contributed by atoms with Gasteiger partial charge in [0.25, 0.3) is 5.91 Å². The topological polar surface area (TPSA) is 44.8 Å². The van der Waals surface area contributed by atoms with E-state index in [0.29, 0.717) is 25.2 Å². The predicted molar refractivity (Wildman–Crippen MR) is 92.6 cm³/mol. The molecule has 3 saturated heterocycles. The van der Waals surface area contributed by atoms with Crippen LogP contribution < -0.4 is 5.32 Å². The zero-order valence-corrected chi connectivity index (χ0v) is 14.2. The molecule has 3 unspecified atom stereocenters. The Morgan fingerprint density at radius 1 is 1.08 bits per heavy atom. The number of hydrogen-bond acceptors (Lipinski definition) is 4. The van der Waals surface area contributed by atoms with Gasteiger partial charge in [-0.1, -0.05) is 30.3 Å². The van der Waals surface area contributed by atoms with E-state index in [1.807, 2.05) is 11.0 Å². The first-order chi connectivity index (χ1) is 11.8. The van der Waals surface area contributed by atoms with E-state index >= 15 is 0 Å². The molecule has 3 fully saturated rings. The van der Waals surface area contributed by atoms with Crippen molar-refractivity contribution in [3.05, 3.63) is 35.9 Å². The fraction of sp³-hybridized carbons (Fsp3) is 0.632. The standard InChI is InChI=1S/C19H27N3O2/c23-19(22-9-8-16-6-7-17(13-22)20-16)18-14-21(10-11-24-18)12-15-4-2-1-3-5-15/h1-5,16-18,20H,6-14H2. The Bertz CT molecular complexity index is 565. The van der Waals surface area contributed by atoms with Gasteiger partial charge in [-0.25, -0.2) is 0 Å². The Morgan fingerprint density at radius 3 is 2.79 bits per heavy atom. The second-order valence-corrected chi connectivity index (χ2v) is 7.29. The minimum Gasteiger partial charge on any atom is -0.366 e. The number of carbonyl (C=O) groups is 1. The lowest BCUT2D eigenvalue weighted by molar-refractivity contribution is -0.150. The van der Waals surface area contributed by atoms with Crippen LogP contribution >= 0.6 is 0 Å². The van der Waals surface area contributed by atoms with E-state index in [1.165, 1.54) is 18.4 Å². The number of fused-ring (bicyclic) bond motifs is 2. The molecule has 1 amide bonds. The number of carbonyl (C=O) groups excluding carboxylic acids is 1. The van der Waals surface area contributed by atoms with Crippen LogP contribution in [0.3, 0.4) is 0 Å². The number of morpholine rings is 1. The summed E-state index contributed by atoms with van der Waals surface area (Å²) in [5, 5.41) is 3.64. The molecule has 0 radical (unpaired) electrons. The van der Waals surface area contributed by atoms with Crippen molar-refractivity contribution in [2.75, 3.05) is 32.8 Å². The van der Waals surface area contributed by atoms with Crippen LogP contribution in [0.2, 0.25) is 0 Å². The van der Waals surface area contributed by atoms with Crippen LogP contribution in [-0.4, -0.2) is 66.7 Å². The first-order valence-corrected chi connectivity index (χ1v) is 9.20. The molecule has 5 nitrogen and oxygen atoms in total. The van der Waals surface area contributed by atoms with E-state index < -0.39 is 0 Å². The average Bonchev–Trinajstić information content (AvgIpc) is 2.94. The highest BCUT2D eigenvalue weighted by Crippen LogP contribution is 2.22. The lowest BCUT2D eigenvalue weighted by Crippen LogP contribution is -2.52. The molecule has 2 bridgehead atoms. The summed E-state index contributed by atoms with van der Waals surface area (Å²) in [6.45, 7) is 4.83. The number of rotatable bonds is 3. The zero-order chi connectivity index (χ0) is 16.4. The SMILES string of the molecule is O=C(C1CN(Cc2ccccc2)CCO1)N1CCC2CCC(C1)N2. The second kappa shape index (κ2) is 7.21. The van der Waals surface area contributed by atoms with Crippen molar-refractivity contribution < 1.29 is 9.53 Å². The third-order valence-corrected chi connectivity index (χ3v) is 5.51. The summed E-state index contributed by atoms with van der Waals surface area (Å²) in [6.07, 6.45) is 3.22. The van der Waals surface area contributed by atoms with Gasteiger partial charge in [0.15, 0.2) is 0 Å². The van der Waals surface area contributed by atoms with E-state index in [-0.39, 0.29) is 12.0 Å². The fourth-order valence-electron chi connectivity index (χ4n) is 4.18. The van der Waals surface area contributed by atoms with Crippen LogP contribution in [0, 0.1) is 0 Å². The lowest BCUT2D eigenvalue weighted by Gasteiger charge is -2.35. The van der Waals surface area contributed by atoms with Crippen LogP contribution in [0.5, 0.6) is 0 Å². The van der Waals surface area contributed by atoms with Crippen molar-refractivity contribution in [3.63, 3.8) is 0 Å². The van der Waals surface area contributed by atoms with E-state index in [1.54, 1.807) is 0 Å². The molecule has 3 aliphatic rings. The van der Waals surface area contributed by atoms with Crippen molar-refractivity contribution in [2.45, 2.75) is 44.0 Å². The number of ether oxygens (including phenoxy) is 1. The molecule has 1 aromatic rings. The third kappa shape index (κ3) is 3.63. The van der Waals surface area contributed by atoms with Gasteiger partial charge < -0.3 is 15.0 Å². The highest BCUT2D eigenvalue weighted by atomic mass is 16.5. The van der Waals surface area contributed by atoms with Crippen LogP contribution in [0.25, 0.3) is 0 Å². The molecule has 3 atom stereocenters. The number of nitrogens with zero attached hydrogens (tertiary/aromatic N) is 2. The number of benzene rings is 1. The van der Waals surface area contributed by atoms with Crippen molar-refractivity contribution in [1.82, 2.24) is 15.1 Å². The smallest absolute Gasteiger partial charge is 0.253 e. The Balaban J connectivity index is 1.35. The number of amides is 1. The summed E-state index contributed by atoms with van der Waals surface area (Å²) in [6, 6.07) is 11.5. The van der Waals surface area contributed by atoms with Crippen molar-refractivity contribution >= 4 is 5.91 Å². The molecule has 0 aromatic heterocycles. The Morgan fingerprint density at radius 2 is 1.92 bits per heavy atom. The Labute approximate surface area is 144 Å². The summed E-state index contributed by atoms with van der Waals surface area (Å²) in [4.78, 5) is 17.3. The van der Waals surface area contributed by atoms with Gasteiger partial charge in [0.2, 0.25) is 0 Å². The maximum absolute atomic E-state index is 12.9. The van der Waals surface area contributed by atoms with E-state index in [9.17, 15) is 4.79 Å². The van der Waals surface area contributed by atoms with Crippen LogP contribution in [-0.2, 0) is 16.1 Å². The second-order valence-electron chi connectivity index (χ2n) is 7.29. The highest BCUT2D eigenvalue weighted by molar-refractivity contribution is 5.81.